The van der Waals surface area contributed by atoms with E-state index in [0.717, 1.165) is 132 Å². The highest BCUT2D eigenvalue weighted by atomic mass is 19.4. The van der Waals surface area contributed by atoms with Crippen LogP contribution in [0.3, 0.4) is 0 Å². The van der Waals surface area contributed by atoms with Gasteiger partial charge in [-0.15, -0.1) is 0 Å². The predicted octanol–water partition coefficient (Wildman–Crippen LogP) is 15.7. The van der Waals surface area contributed by atoms with E-state index in [4.69, 9.17) is 0 Å². The molecule has 0 atom stereocenters. The zero-order valence-corrected chi connectivity index (χ0v) is 43.8. The zero-order chi connectivity index (χ0) is 54.4. The van der Waals surface area contributed by atoms with Crippen LogP contribution in [-0.4, -0.2) is 13.4 Å². The number of anilines is 6. The summed E-state index contributed by atoms with van der Waals surface area (Å²) in [7, 11) is 0. The highest BCUT2D eigenvalue weighted by Crippen LogP contribution is 2.54. The Hall–Kier alpha value is -9.01. The molecule has 4 aliphatic heterocycles. The van der Waals surface area contributed by atoms with Crippen LogP contribution in [0.5, 0.6) is 0 Å². The topological polar surface area (TPSA) is 6.48 Å². The van der Waals surface area contributed by atoms with Gasteiger partial charge in [0.15, 0.2) is 0 Å². The molecule has 12 aromatic rings. The van der Waals surface area contributed by atoms with Crippen LogP contribution in [0.4, 0.5) is 60.5 Å². The second kappa shape index (κ2) is 16.3. The van der Waals surface area contributed by atoms with E-state index in [1.54, 1.807) is 0 Å². The number of alkyl halides is 6. The van der Waals surface area contributed by atoms with Crippen molar-refractivity contribution in [3.05, 3.63) is 228 Å². The van der Waals surface area contributed by atoms with Gasteiger partial charge in [-0.2, -0.15) is 26.3 Å². The van der Waals surface area contributed by atoms with Gasteiger partial charge in [-0.3, -0.25) is 0 Å². The minimum atomic E-state index is -4.70. The summed E-state index contributed by atoms with van der Waals surface area (Å²) in [5.41, 5.74) is 18.0. The molecule has 0 saturated carbocycles. The van der Waals surface area contributed by atoms with E-state index in [1.165, 1.54) is 24.3 Å². The van der Waals surface area contributed by atoms with Crippen LogP contribution in [0.2, 0.25) is 0 Å². The third-order valence-electron chi connectivity index (χ3n) is 17.9. The highest BCUT2D eigenvalue weighted by Gasteiger charge is 2.48. The first-order chi connectivity index (χ1) is 38.7. The summed E-state index contributed by atoms with van der Waals surface area (Å²) in [4.78, 5) is 3.98. The second-order valence-corrected chi connectivity index (χ2v) is 22.2. The van der Waals surface area contributed by atoms with Crippen LogP contribution >= 0.6 is 0 Å². The van der Waals surface area contributed by atoms with Crippen LogP contribution in [0.15, 0.2) is 194 Å². The molecule has 0 N–H and O–H groups in total. The number of rotatable bonds is 4. The molecule has 382 valence electrons. The molecule has 0 unspecified atom stereocenters. The van der Waals surface area contributed by atoms with Crippen LogP contribution in [-0.2, 0) is 12.4 Å². The van der Waals surface area contributed by atoms with E-state index in [0.29, 0.717) is 33.6 Å². The summed E-state index contributed by atoms with van der Waals surface area (Å²) in [5, 5.41) is 5.34. The predicted molar refractivity (Wildman–Crippen MR) is 320 cm³/mol. The Balaban J connectivity index is 1.16. The molecule has 0 bridgehead atoms. The number of para-hydroxylation sites is 4. The number of nitrogens with zero attached hydrogens (tertiary/aromatic N) is 2. The van der Waals surface area contributed by atoms with Crippen LogP contribution in [0, 0.1) is 27.7 Å². The fraction of sp³-hybridized carbons (Fsp3) is 0.0857. The summed E-state index contributed by atoms with van der Waals surface area (Å²) in [6, 6.07) is 62.1. The lowest BCUT2D eigenvalue weighted by molar-refractivity contribution is -0.138. The molecular weight excluding hydrogens is 1000 g/mol. The summed E-state index contributed by atoms with van der Waals surface area (Å²) in [5.74, 6) is 0. The van der Waals surface area contributed by atoms with Crippen molar-refractivity contribution in [3.8, 4) is 44.5 Å². The van der Waals surface area contributed by atoms with E-state index in [1.807, 2.05) is 119 Å². The van der Waals surface area contributed by atoms with Crippen molar-refractivity contribution in [2.45, 2.75) is 40.0 Å². The SMILES string of the molecule is Cc1cccc(C)c1-c1cc2c3c(cc4c(-c5c(C)cccc5C)cc5c6c(cc1c3c46)B1c3ccccc3N(c3ccccc3)c3cc(C(F)(F)F)cc-5c31)B1c3ccccc3N(c3ccccc3)c3cc(C(F)(F)F)cc-2c31. The van der Waals surface area contributed by atoms with Gasteiger partial charge in [0.05, 0.1) is 11.1 Å². The minimum Gasteiger partial charge on any atom is -0.311 e. The molecule has 0 saturated heterocycles. The fourth-order valence-electron chi connectivity index (χ4n) is 14.9. The van der Waals surface area contributed by atoms with Gasteiger partial charge in [0.2, 0.25) is 13.4 Å². The van der Waals surface area contributed by atoms with Gasteiger partial charge in [-0.25, -0.2) is 0 Å². The quantitative estimate of drug-likeness (QED) is 0.0985. The number of benzene rings is 12. The van der Waals surface area contributed by atoms with E-state index in [2.05, 4.69) is 88.4 Å². The van der Waals surface area contributed by atoms with Gasteiger partial charge in [-0.1, -0.05) is 132 Å². The molecule has 10 heteroatoms. The number of halogens is 6. The minimum absolute atomic E-state index is 0.462. The number of hydrogen-bond acceptors (Lipinski definition) is 2. The van der Waals surface area contributed by atoms with Crippen molar-refractivity contribution in [1.29, 1.82) is 0 Å². The summed E-state index contributed by atoms with van der Waals surface area (Å²) in [6.07, 6.45) is -9.40. The van der Waals surface area contributed by atoms with Gasteiger partial charge >= 0.3 is 12.4 Å². The molecule has 2 nitrogen and oxygen atoms in total. The molecule has 12 aromatic carbocycles. The molecule has 0 fully saturated rings. The molecule has 16 rings (SSSR count). The van der Waals surface area contributed by atoms with Gasteiger partial charge < -0.3 is 9.80 Å². The van der Waals surface area contributed by atoms with Gasteiger partial charge in [0.25, 0.3) is 0 Å². The van der Waals surface area contributed by atoms with Crippen molar-refractivity contribution in [2.75, 3.05) is 9.80 Å². The molecule has 0 spiro atoms. The molecule has 0 aliphatic carbocycles. The van der Waals surface area contributed by atoms with Crippen LogP contribution < -0.4 is 42.6 Å². The van der Waals surface area contributed by atoms with E-state index in [9.17, 15) is 0 Å². The molecular formula is C70H44B2F6N2. The first-order valence-corrected chi connectivity index (χ1v) is 27.0. The Bertz CT molecular complexity index is 4360. The summed E-state index contributed by atoms with van der Waals surface area (Å²) < 4.78 is 95.1. The molecule has 0 radical (unpaired) electrons. The normalized spacial score (nSPS) is 13.8. The molecule has 0 amide bonds. The number of hydrogen-bond donors (Lipinski definition) is 0. The Morgan fingerprint density at radius 2 is 0.675 bits per heavy atom. The largest absolute Gasteiger partial charge is 0.416 e. The highest BCUT2D eigenvalue weighted by molar-refractivity contribution is 7.02. The van der Waals surface area contributed by atoms with E-state index >= 15 is 26.3 Å². The summed E-state index contributed by atoms with van der Waals surface area (Å²) >= 11 is 0. The maximum atomic E-state index is 15.8. The van der Waals surface area contributed by atoms with Gasteiger partial charge in [0, 0.05) is 34.1 Å². The summed E-state index contributed by atoms with van der Waals surface area (Å²) in [6.45, 7) is 7.34. The van der Waals surface area contributed by atoms with Crippen molar-refractivity contribution >= 4 is 113 Å². The lowest BCUT2D eigenvalue weighted by Gasteiger charge is -2.42. The van der Waals surface area contributed by atoms with Crippen molar-refractivity contribution in [3.63, 3.8) is 0 Å². The Kier molecular flexibility index (Phi) is 9.58. The van der Waals surface area contributed by atoms with Crippen molar-refractivity contribution < 1.29 is 26.3 Å². The third-order valence-corrected chi connectivity index (χ3v) is 17.9. The van der Waals surface area contributed by atoms with Gasteiger partial charge in [-0.05, 0) is 221 Å². The smallest absolute Gasteiger partial charge is 0.311 e. The third kappa shape index (κ3) is 6.30. The van der Waals surface area contributed by atoms with Crippen molar-refractivity contribution in [1.82, 2.24) is 0 Å². The molecule has 80 heavy (non-hydrogen) atoms. The number of fused-ring (bicyclic) bond motifs is 8. The average molecular weight is 1050 g/mol. The molecule has 4 aliphatic rings. The van der Waals surface area contributed by atoms with E-state index < -0.39 is 36.9 Å². The van der Waals surface area contributed by atoms with Gasteiger partial charge in [0.1, 0.15) is 0 Å². The molecule has 4 heterocycles. The maximum Gasteiger partial charge on any atom is 0.416 e. The van der Waals surface area contributed by atoms with E-state index in [-0.39, 0.29) is 0 Å². The number of aryl methyl sites for hydroxylation is 4. The standard InChI is InChI=1S/C70H44B2F6N2/c1-37-17-15-18-38(2)61(37)45-33-47-51-29-41(69(73,74)75)31-59-67(51)72(54-26-12-14-28-58(54)79(59)43-21-7-5-8-22-43)56-36-50-46(62-39(3)19-16-20-40(62)4)34-48-52-30-42(70(76,77)78)32-60-68(52)71(55-35-49(45)65(63(47)56)66(50)64(48)55)53-25-11-13-27-57(53)80(60)44-23-9-6-10-24-44/h5-36H,1-4H3. The van der Waals surface area contributed by atoms with Crippen LogP contribution in [0.1, 0.15) is 33.4 Å². The lowest BCUT2D eigenvalue weighted by atomic mass is 9.31. The maximum absolute atomic E-state index is 15.8. The molecule has 0 aromatic heterocycles. The Labute approximate surface area is 458 Å². The monoisotopic (exact) mass is 1050 g/mol. The second-order valence-electron chi connectivity index (χ2n) is 22.2. The first kappa shape index (κ1) is 47.0. The fourth-order valence-corrected chi connectivity index (χ4v) is 14.9. The lowest BCUT2D eigenvalue weighted by Crippen LogP contribution is -2.60. The Morgan fingerprint density at radius 1 is 0.312 bits per heavy atom. The average Bonchev–Trinajstić information content (AvgIpc) is 2.09. The Morgan fingerprint density at radius 3 is 1.05 bits per heavy atom. The van der Waals surface area contributed by atoms with Crippen LogP contribution in [0.25, 0.3) is 76.8 Å². The first-order valence-electron chi connectivity index (χ1n) is 27.0. The van der Waals surface area contributed by atoms with Crippen molar-refractivity contribution in [2.24, 2.45) is 0 Å². The zero-order valence-electron chi connectivity index (χ0n) is 43.8.